The minimum absolute atomic E-state index is 0.0191. The van der Waals surface area contributed by atoms with Gasteiger partial charge in [0.05, 0.1) is 66.1 Å². The predicted molar refractivity (Wildman–Crippen MR) is 192 cm³/mol. The molecule has 322 valence electrons. The van der Waals surface area contributed by atoms with E-state index in [1.54, 1.807) is 41.5 Å². The van der Waals surface area contributed by atoms with Crippen LogP contribution in [-0.4, -0.2) is 159 Å². The van der Waals surface area contributed by atoms with Crippen molar-refractivity contribution in [2.24, 2.45) is 0 Å². The molecule has 0 spiro atoms. The van der Waals surface area contributed by atoms with Gasteiger partial charge >= 0.3 is 35.8 Å². The number of carboxylic acids is 1. The number of hydrogen-bond donors (Lipinski definition) is 1. The SMILES string of the molecule is CCC(=O)O.CCC(=O)OCCOCC(COCC(COCC(OCCOC(=O)CC)OCCOC(=O)CC)OCCOC(=O)CC)OCCOC(=O)CC. The van der Waals surface area contributed by atoms with Gasteiger partial charge in [-0.2, -0.15) is 0 Å². The van der Waals surface area contributed by atoms with Crippen LogP contribution < -0.4 is 0 Å². The Hall–Kier alpha value is -3.46. The molecule has 0 heterocycles. The molecule has 0 aromatic heterocycles. The fourth-order valence-electron chi connectivity index (χ4n) is 3.41. The first-order valence-electron chi connectivity index (χ1n) is 18.6. The van der Waals surface area contributed by atoms with Gasteiger partial charge < -0.3 is 61.9 Å². The summed E-state index contributed by atoms with van der Waals surface area (Å²) in [5.41, 5.74) is 0. The molecule has 19 heteroatoms. The molecule has 19 nitrogen and oxygen atoms in total. The second kappa shape index (κ2) is 38.8. The number of carbonyl (C=O) groups is 6. The molecule has 0 saturated carbocycles. The molecular weight excluding hydrogens is 736 g/mol. The lowest BCUT2D eigenvalue weighted by Gasteiger charge is -2.23. The average Bonchev–Trinajstić information content (AvgIpc) is 3.19. The van der Waals surface area contributed by atoms with Crippen molar-refractivity contribution in [1.82, 2.24) is 0 Å². The third-order valence-corrected chi connectivity index (χ3v) is 6.41. The fraction of sp³-hybridized carbons (Fsp3) is 0.833. The molecule has 2 unspecified atom stereocenters. The third kappa shape index (κ3) is 37.2. The fourth-order valence-corrected chi connectivity index (χ4v) is 3.41. The van der Waals surface area contributed by atoms with Crippen molar-refractivity contribution in [1.29, 1.82) is 0 Å². The lowest BCUT2D eigenvalue weighted by atomic mass is 10.3. The third-order valence-electron chi connectivity index (χ3n) is 6.41. The van der Waals surface area contributed by atoms with Crippen molar-refractivity contribution in [3.05, 3.63) is 0 Å². The molecule has 0 aromatic rings. The van der Waals surface area contributed by atoms with Crippen molar-refractivity contribution in [3.8, 4) is 0 Å². The lowest BCUT2D eigenvalue weighted by molar-refractivity contribution is -0.193. The zero-order valence-electron chi connectivity index (χ0n) is 33.4. The van der Waals surface area contributed by atoms with Crippen LogP contribution in [0.15, 0.2) is 0 Å². The van der Waals surface area contributed by atoms with Crippen LogP contribution in [0.2, 0.25) is 0 Å². The largest absolute Gasteiger partial charge is 0.481 e. The maximum absolute atomic E-state index is 11.5. The zero-order valence-corrected chi connectivity index (χ0v) is 33.4. The maximum Gasteiger partial charge on any atom is 0.305 e. The van der Waals surface area contributed by atoms with Crippen LogP contribution in [-0.2, 0) is 85.6 Å². The number of rotatable bonds is 35. The average molecular weight is 801 g/mol. The lowest BCUT2D eigenvalue weighted by Crippen LogP contribution is -2.34. The van der Waals surface area contributed by atoms with Crippen LogP contribution >= 0.6 is 0 Å². The van der Waals surface area contributed by atoms with Crippen LogP contribution in [0.25, 0.3) is 0 Å². The monoisotopic (exact) mass is 800 g/mol. The second-order valence-corrected chi connectivity index (χ2v) is 10.9. The van der Waals surface area contributed by atoms with Crippen molar-refractivity contribution >= 4 is 35.8 Å². The van der Waals surface area contributed by atoms with E-state index in [1.165, 1.54) is 0 Å². The minimum Gasteiger partial charge on any atom is -0.481 e. The van der Waals surface area contributed by atoms with E-state index in [4.69, 9.17) is 61.9 Å². The van der Waals surface area contributed by atoms with Crippen LogP contribution in [0.1, 0.15) is 80.1 Å². The summed E-state index contributed by atoms with van der Waals surface area (Å²) in [6.07, 6.45) is -0.627. The molecule has 0 aliphatic heterocycles. The molecular formula is C36H64O19. The molecule has 0 rings (SSSR count). The Balaban J connectivity index is 0. The van der Waals surface area contributed by atoms with Gasteiger partial charge in [0.25, 0.3) is 0 Å². The smallest absolute Gasteiger partial charge is 0.305 e. The highest BCUT2D eigenvalue weighted by atomic mass is 16.7. The van der Waals surface area contributed by atoms with Crippen molar-refractivity contribution in [2.75, 3.05) is 99.1 Å². The van der Waals surface area contributed by atoms with Gasteiger partial charge in [0.15, 0.2) is 6.29 Å². The molecule has 0 saturated heterocycles. The number of aliphatic carboxylic acids is 1. The van der Waals surface area contributed by atoms with Crippen LogP contribution in [0.3, 0.4) is 0 Å². The first-order valence-corrected chi connectivity index (χ1v) is 18.6. The summed E-state index contributed by atoms with van der Waals surface area (Å²) in [4.78, 5) is 66.5. The Morgan fingerprint density at radius 1 is 0.364 bits per heavy atom. The molecule has 55 heavy (non-hydrogen) atoms. The van der Waals surface area contributed by atoms with Gasteiger partial charge in [-0.3, -0.25) is 28.8 Å². The highest BCUT2D eigenvalue weighted by Gasteiger charge is 2.18. The van der Waals surface area contributed by atoms with E-state index < -0.39 is 24.5 Å². The molecule has 0 aliphatic carbocycles. The first kappa shape index (κ1) is 53.6. The number of hydrogen-bond acceptors (Lipinski definition) is 18. The van der Waals surface area contributed by atoms with E-state index in [0.717, 1.165) is 0 Å². The molecule has 0 bridgehead atoms. The van der Waals surface area contributed by atoms with Crippen molar-refractivity contribution < 1.29 is 90.7 Å². The number of carboxylic acid groups (broad SMARTS) is 1. The normalized spacial score (nSPS) is 11.8. The molecule has 0 fully saturated rings. The molecule has 1 N–H and O–H groups in total. The standard InChI is InChI=1S/C33H58O17.C3H6O2/c1-6-28(34)44-12-11-39-21-26(42-13-15-45-29(35)7-2)22-40-23-27(43-14-16-46-30(36)8-3)24-41-25-33(49-19-17-47-31(37)9-4)50-20-18-48-32(38)10-5;1-2-3(4)5/h26-27,33H,6-25H2,1-5H3;2H2,1H3,(H,4,5). The van der Waals surface area contributed by atoms with Crippen LogP contribution in [0, 0.1) is 0 Å². The van der Waals surface area contributed by atoms with Crippen LogP contribution in [0.5, 0.6) is 0 Å². The van der Waals surface area contributed by atoms with E-state index in [0.29, 0.717) is 0 Å². The summed E-state index contributed by atoms with van der Waals surface area (Å²) in [6, 6.07) is 0. The van der Waals surface area contributed by atoms with E-state index in [-0.39, 0.29) is 167 Å². The quantitative estimate of drug-likeness (QED) is 0.0419. The number of carbonyl (C=O) groups excluding carboxylic acids is 5. The highest BCUT2D eigenvalue weighted by Crippen LogP contribution is 2.04. The van der Waals surface area contributed by atoms with Crippen molar-refractivity contribution in [2.45, 2.75) is 98.6 Å². The van der Waals surface area contributed by atoms with Crippen molar-refractivity contribution in [3.63, 3.8) is 0 Å². The topological polar surface area (TPSA) is 233 Å². The van der Waals surface area contributed by atoms with Gasteiger partial charge in [-0.1, -0.05) is 41.5 Å². The molecule has 2 atom stereocenters. The minimum atomic E-state index is -0.879. The van der Waals surface area contributed by atoms with Gasteiger partial charge in [-0.15, -0.1) is 0 Å². The second-order valence-electron chi connectivity index (χ2n) is 10.9. The van der Waals surface area contributed by atoms with Gasteiger partial charge in [-0.25, -0.2) is 0 Å². The summed E-state index contributed by atoms with van der Waals surface area (Å²) in [5.74, 6) is -2.52. The first-order chi connectivity index (χ1) is 26.4. The Morgan fingerprint density at radius 2 is 0.636 bits per heavy atom. The summed E-state index contributed by atoms with van der Waals surface area (Å²) in [5, 5.41) is 7.72. The Bertz CT molecular complexity index is 984. The summed E-state index contributed by atoms with van der Waals surface area (Å²) in [7, 11) is 0. The van der Waals surface area contributed by atoms with Gasteiger partial charge in [0, 0.05) is 38.5 Å². The van der Waals surface area contributed by atoms with Gasteiger partial charge in [-0.05, 0) is 0 Å². The Morgan fingerprint density at radius 3 is 0.945 bits per heavy atom. The zero-order chi connectivity index (χ0) is 41.5. The molecule has 0 radical (unpaired) electrons. The molecule has 0 aliphatic rings. The molecule has 0 aromatic carbocycles. The molecule has 0 amide bonds. The van der Waals surface area contributed by atoms with Gasteiger partial charge in [0.2, 0.25) is 0 Å². The van der Waals surface area contributed by atoms with Crippen LogP contribution in [0.4, 0.5) is 0 Å². The van der Waals surface area contributed by atoms with E-state index in [9.17, 15) is 28.8 Å². The van der Waals surface area contributed by atoms with E-state index in [1.807, 2.05) is 0 Å². The summed E-state index contributed by atoms with van der Waals surface area (Å²) < 4.78 is 65.5. The Labute approximate surface area is 324 Å². The van der Waals surface area contributed by atoms with E-state index >= 15 is 0 Å². The van der Waals surface area contributed by atoms with Gasteiger partial charge in [0.1, 0.15) is 45.2 Å². The van der Waals surface area contributed by atoms with E-state index in [2.05, 4.69) is 0 Å². The number of esters is 5. The Kier molecular flexibility index (Phi) is 37.8. The summed E-state index contributed by atoms with van der Waals surface area (Å²) >= 11 is 0. The highest BCUT2D eigenvalue weighted by molar-refractivity contribution is 5.70. The maximum atomic E-state index is 11.5. The number of ether oxygens (including phenoxy) is 12. The predicted octanol–water partition coefficient (Wildman–Crippen LogP) is 2.41. The summed E-state index contributed by atoms with van der Waals surface area (Å²) in [6.45, 7) is 10.9.